The number of rotatable bonds is 7. The normalized spacial score (nSPS) is 11.7. The van der Waals surface area contributed by atoms with Crippen molar-refractivity contribution in [1.82, 2.24) is 20.1 Å². The molecule has 0 bridgehead atoms. The second-order valence-corrected chi connectivity index (χ2v) is 8.38. The number of carbonyl (C=O) groups is 1. The first kappa shape index (κ1) is 22.3. The monoisotopic (exact) mass is 439 g/mol. The molecule has 2 aromatic carbocycles. The van der Waals surface area contributed by atoms with E-state index in [9.17, 15) is 4.79 Å². The van der Waals surface area contributed by atoms with E-state index in [0.717, 1.165) is 33.9 Å². The number of nitrogens with one attached hydrogen (secondary N) is 2. The molecule has 0 spiro atoms. The number of hydrogen-bond acceptors (Lipinski definition) is 3. The maximum Gasteiger partial charge on any atom is 0.319 e. The minimum Gasteiger partial charge on any atom is -0.329 e. The molecule has 4 aromatic rings. The fourth-order valence-corrected chi connectivity index (χ4v) is 3.85. The van der Waals surface area contributed by atoms with Crippen LogP contribution in [0.2, 0.25) is 0 Å². The number of nitrogens with zero attached hydrogens (tertiary/aromatic N) is 3. The van der Waals surface area contributed by atoms with Gasteiger partial charge in [0, 0.05) is 17.6 Å². The minimum absolute atomic E-state index is 0.244. The van der Waals surface area contributed by atoms with Crippen molar-refractivity contribution in [3.05, 3.63) is 113 Å². The zero-order chi connectivity index (χ0) is 23.2. The molecule has 1 unspecified atom stereocenters. The third-order valence-corrected chi connectivity index (χ3v) is 5.53. The quantitative estimate of drug-likeness (QED) is 0.407. The van der Waals surface area contributed by atoms with Crippen LogP contribution in [-0.2, 0) is 13.0 Å². The van der Waals surface area contributed by atoms with Crippen molar-refractivity contribution in [2.45, 2.75) is 39.8 Å². The Morgan fingerprint density at radius 2 is 1.76 bits per heavy atom. The number of anilines is 1. The van der Waals surface area contributed by atoms with Crippen molar-refractivity contribution in [3.8, 4) is 0 Å². The summed E-state index contributed by atoms with van der Waals surface area (Å²) < 4.78 is 1.97. The lowest BCUT2D eigenvalue weighted by Crippen LogP contribution is -2.34. The predicted octanol–water partition coefficient (Wildman–Crippen LogP) is 5.36. The Morgan fingerprint density at radius 1 is 0.939 bits per heavy atom. The number of carbonyl (C=O) groups excluding carboxylic acids is 1. The van der Waals surface area contributed by atoms with E-state index >= 15 is 0 Å². The molecule has 0 aliphatic heterocycles. The molecule has 2 N–H and O–H groups in total. The summed E-state index contributed by atoms with van der Waals surface area (Å²) in [5.74, 6) is 0. The molecule has 2 amide bonds. The molecule has 6 heteroatoms. The van der Waals surface area contributed by atoms with Gasteiger partial charge in [0.15, 0.2) is 0 Å². The Labute approximate surface area is 194 Å². The number of hydrogen-bond donors (Lipinski definition) is 2. The third-order valence-electron chi connectivity index (χ3n) is 5.53. The highest BCUT2D eigenvalue weighted by Crippen LogP contribution is 2.18. The molecular weight excluding hydrogens is 410 g/mol. The fraction of sp³-hybridized carbons (Fsp3) is 0.222. The van der Waals surface area contributed by atoms with Gasteiger partial charge >= 0.3 is 6.03 Å². The Balaban J connectivity index is 1.46. The van der Waals surface area contributed by atoms with Crippen molar-refractivity contribution < 1.29 is 4.79 Å². The summed E-state index contributed by atoms with van der Waals surface area (Å²) in [6, 6.07) is 23.5. The number of aromatic nitrogens is 3. The van der Waals surface area contributed by atoms with Crippen LogP contribution in [-0.4, -0.2) is 20.8 Å². The van der Waals surface area contributed by atoms with Crippen molar-refractivity contribution in [2.24, 2.45) is 0 Å². The highest BCUT2D eigenvalue weighted by Gasteiger charge is 2.17. The molecule has 168 valence electrons. The molecule has 0 fully saturated rings. The summed E-state index contributed by atoms with van der Waals surface area (Å²) in [5, 5.41) is 10.6. The molecule has 0 aliphatic rings. The molecule has 4 rings (SSSR count). The van der Waals surface area contributed by atoms with Gasteiger partial charge in [-0.25, -0.2) is 4.79 Å². The molecular formula is C27H29N5O. The lowest BCUT2D eigenvalue weighted by Gasteiger charge is -2.19. The highest BCUT2D eigenvalue weighted by atomic mass is 16.2. The Hall–Kier alpha value is -3.93. The number of pyridine rings is 1. The summed E-state index contributed by atoms with van der Waals surface area (Å²) in [4.78, 5) is 17.4. The lowest BCUT2D eigenvalue weighted by molar-refractivity contribution is 0.248. The molecule has 0 aliphatic carbocycles. The van der Waals surface area contributed by atoms with Gasteiger partial charge in [0.2, 0.25) is 0 Å². The summed E-state index contributed by atoms with van der Waals surface area (Å²) in [6.45, 7) is 6.75. The first-order valence-corrected chi connectivity index (χ1v) is 11.1. The fourth-order valence-electron chi connectivity index (χ4n) is 3.85. The average molecular weight is 440 g/mol. The summed E-state index contributed by atoms with van der Waals surface area (Å²) in [6.07, 6.45) is 2.40. The van der Waals surface area contributed by atoms with Crippen molar-refractivity contribution in [3.63, 3.8) is 0 Å². The van der Waals surface area contributed by atoms with Gasteiger partial charge in [-0.15, -0.1) is 0 Å². The summed E-state index contributed by atoms with van der Waals surface area (Å²) in [5.41, 5.74) is 7.09. The van der Waals surface area contributed by atoms with Crippen LogP contribution >= 0.6 is 0 Å². The number of aryl methyl sites for hydroxylation is 3. The Bertz CT molecular complexity index is 1220. The van der Waals surface area contributed by atoms with Gasteiger partial charge in [-0.05, 0) is 68.7 Å². The molecule has 1 atom stereocenters. The van der Waals surface area contributed by atoms with Crippen LogP contribution in [0, 0.1) is 20.8 Å². The van der Waals surface area contributed by atoms with E-state index in [1.165, 1.54) is 5.56 Å². The van der Waals surface area contributed by atoms with Crippen LogP contribution in [0.15, 0.2) is 79.0 Å². The first-order valence-electron chi connectivity index (χ1n) is 11.1. The Morgan fingerprint density at radius 3 is 2.45 bits per heavy atom. The van der Waals surface area contributed by atoms with Gasteiger partial charge < -0.3 is 10.6 Å². The van der Waals surface area contributed by atoms with Crippen molar-refractivity contribution in [1.29, 1.82) is 0 Å². The smallest absolute Gasteiger partial charge is 0.319 e. The number of amides is 2. The lowest BCUT2D eigenvalue weighted by atomic mass is 10.0. The van der Waals surface area contributed by atoms with Gasteiger partial charge in [0.05, 0.1) is 24.0 Å². The van der Waals surface area contributed by atoms with Crippen LogP contribution in [0.4, 0.5) is 10.5 Å². The third kappa shape index (κ3) is 6.07. The maximum atomic E-state index is 12.9. The van der Waals surface area contributed by atoms with E-state index in [1.54, 1.807) is 6.20 Å². The van der Waals surface area contributed by atoms with Crippen LogP contribution in [0.5, 0.6) is 0 Å². The topological polar surface area (TPSA) is 71.8 Å². The van der Waals surface area contributed by atoms with E-state index < -0.39 is 0 Å². The van der Waals surface area contributed by atoms with E-state index in [4.69, 9.17) is 0 Å². The van der Waals surface area contributed by atoms with Gasteiger partial charge in [0.1, 0.15) is 0 Å². The Kier molecular flexibility index (Phi) is 6.83. The zero-order valence-electron chi connectivity index (χ0n) is 19.2. The molecule has 0 saturated heterocycles. The van der Waals surface area contributed by atoms with Crippen molar-refractivity contribution in [2.75, 3.05) is 5.32 Å². The average Bonchev–Trinajstić information content (AvgIpc) is 3.12. The summed E-state index contributed by atoms with van der Waals surface area (Å²) >= 11 is 0. The molecule has 2 aromatic heterocycles. The second kappa shape index (κ2) is 10.1. The first-order chi connectivity index (χ1) is 16.0. The van der Waals surface area contributed by atoms with Gasteiger partial charge in [0.25, 0.3) is 0 Å². The van der Waals surface area contributed by atoms with E-state index in [2.05, 4.69) is 58.0 Å². The number of benzene rings is 2. The predicted molar refractivity (Wildman–Crippen MR) is 131 cm³/mol. The summed E-state index contributed by atoms with van der Waals surface area (Å²) in [7, 11) is 0. The zero-order valence-corrected chi connectivity index (χ0v) is 19.2. The minimum atomic E-state index is -0.263. The molecule has 0 saturated carbocycles. The van der Waals surface area contributed by atoms with Crippen LogP contribution in [0.3, 0.4) is 0 Å². The van der Waals surface area contributed by atoms with Crippen molar-refractivity contribution >= 4 is 11.7 Å². The van der Waals surface area contributed by atoms with Gasteiger partial charge in [-0.1, -0.05) is 48.0 Å². The van der Waals surface area contributed by atoms with E-state index in [0.29, 0.717) is 13.0 Å². The second-order valence-electron chi connectivity index (χ2n) is 8.38. The number of urea groups is 1. The van der Waals surface area contributed by atoms with E-state index in [1.807, 2.05) is 61.0 Å². The molecule has 2 heterocycles. The van der Waals surface area contributed by atoms with Gasteiger partial charge in [-0.2, -0.15) is 5.10 Å². The maximum absolute atomic E-state index is 12.9. The molecule has 6 nitrogen and oxygen atoms in total. The van der Waals surface area contributed by atoms with E-state index in [-0.39, 0.29) is 12.1 Å². The molecule has 0 radical (unpaired) electrons. The van der Waals surface area contributed by atoms with Crippen LogP contribution < -0.4 is 10.6 Å². The standard InChI is InChI=1S/C27H29N5O/c1-19-10-12-22(13-11-19)17-26(25-9-4-5-14-28-25)30-27(33)29-24-8-6-7-23(16-24)18-32-21(3)15-20(2)31-32/h4-16,26H,17-18H2,1-3H3,(H2,29,30,33). The largest absolute Gasteiger partial charge is 0.329 e. The SMILES string of the molecule is Cc1ccc(CC(NC(=O)Nc2cccc(Cn3nc(C)cc3C)c2)c2ccccn2)cc1. The molecule has 33 heavy (non-hydrogen) atoms. The van der Waals surface area contributed by atoms with Crippen LogP contribution in [0.25, 0.3) is 0 Å². The van der Waals surface area contributed by atoms with Gasteiger partial charge in [-0.3, -0.25) is 9.67 Å². The highest BCUT2D eigenvalue weighted by molar-refractivity contribution is 5.89. The van der Waals surface area contributed by atoms with Crippen LogP contribution in [0.1, 0.15) is 39.8 Å².